The molecule has 1 fully saturated rings. The molecule has 1 aromatic carbocycles. The molecule has 0 amide bonds. The number of aliphatic hydroxyl groups excluding tert-OH is 3. The number of rotatable bonds is 6. The smallest absolute Gasteiger partial charge is 0.184 e. The molecule has 4 atom stereocenters. The summed E-state index contributed by atoms with van der Waals surface area (Å²) in [5.74, 6) is 0. The second-order valence-corrected chi connectivity index (χ2v) is 4.80. The summed E-state index contributed by atoms with van der Waals surface area (Å²) >= 11 is 0. The highest BCUT2D eigenvalue weighted by Gasteiger charge is 2.54. The highest BCUT2D eigenvalue weighted by Crippen LogP contribution is 2.37. The van der Waals surface area contributed by atoms with Crippen LogP contribution in [0.2, 0.25) is 0 Å². The Bertz CT molecular complexity index is 435. The molecule has 2 rings (SSSR count). The lowest BCUT2D eigenvalue weighted by molar-refractivity contribution is -0.130. The van der Waals surface area contributed by atoms with Gasteiger partial charge in [0.2, 0.25) is 0 Å². The minimum Gasteiger partial charge on any atom is -0.396 e. The molecule has 0 radical (unpaired) electrons. The average molecular weight is 280 g/mol. The van der Waals surface area contributed by atoms with E-state index in [2.05, 4.69) is 6.58 Å². The van der Waals surface area contributed by atoms with Crippen LogP contribution in [0, 0.1) is 0 Å². The Morgan fingerprint density at radius 2 is 2.00 bits per heavy atom. The predicted molar refractivity (Wildman–Crippen MR) is 72.7 cm³/mol. The van der Waals surface area contributed by atoms with Crippen molar-refractivity contribution in [2.24, 2.45) is 0 Å². The second kappa shape index (κ2) is 6.47. The molecule has 1 aliphatic heterocycles. The third kappa shape index (κ3) is 2.77. The molecule has 0 aromatic heterocycles. The van der Waals surface area contributed by atoms with Gasteiger partial charge < -0.3 is 24.8 Å². The first kappa shape index (κ1) is 15.2. The van der Waals surface area contributed by atoms with Crippen molar-refractivity contribution in [3.63, 3.8) is 0 Å². The summed E-state index contributed by atoms with van der Waals surface area (Å²) < 4.78 is 11.1. The minimum absolute atomic E-state index is 0.131. The summed E-state index contributed by atoms with van der Waals surface area (Å²) in [6.07, 6.45) is -1.54. The van der Waals surface area contributed by atoms with Gasteiger partial charge in [-0.05, 0) is 5.56 Å². The lowest BCUT2D eigenvalue weighted by atomic mass is 9.90. The molecule has 110 valence electrons. The Morgan fingerprint density at radius 1 is 1.30 bits per heavy atom. The van der Waals surface area contributed by atoms with E-state index in [1.54, 1.807) is 0 Å². The van der Waals surface area contributed by atoms with Gasteiger partial charge in [0.15, 0.2) is 6.29 Å². The molecule has 1 aliphatic rings. The quantitative estimate of drug-likeness (QED) is 0.665. The van der Waals surface area contributed by atoms with E-state index in [-0.39, 0.29) is 19.6 Å². The third-order valence-electron chi connectivity index (χ3n) is 3.58. The third-order valence-corrected chi connectivity index (χ3v) is 3.58. The van der Waals surface area contributed by atoms with Crippen LogP contribution in [0.25, 0.3) is 0 Å². The van der Waals surface area contributed by atoms with E-state index >= 15 is 0 Å². The summed E-state index contributed by atoms with van der Waals surface area (Å²) in [7, 11) is 0. The van der Waals surface area contributed by atoms with E-state index in [0.29, 0.717) is 0 Å². The van der Waals surface area contributed by atoms with Crippen LogP contribution in [-0.4, -0.2) is 46.0 Å². The summed E-state index contributed by atoms with van der Waals surface area (Å²) in [5.41, 5.74) is -0.289. The molecule has 1 saturated heterocycles. The lowest BCUT2D eigenvalue weighted by Gasteiger charge is -2.33. The summed E-state index contributed by atoms with van der Waals surface area (Å²) in [5, 5.41) is 28.9. The van der Waals surface area contributed by atoms with E-state index in [1.165, 1.54) is 6.08 Å². The number of benzene rings is 1. The number of hydrogen-bond acceptors (Lipinski definition) is 5. The standard InChI is InChI=1S/C15H20O5/c1-2-15(19-10-11-6-4-3-5-7-11)12(8-9-16)20-14(18)13(15)17/h2-7,12-14,16-18H,1,8-10H2/t12-,13+,14+,15-/m1/s1. The zero-order valence-corrected chi connectivity index (χ0v) is 11.2. The van der Waals surface area contributed by atoms with Gasteiger partial charge in [0.05, 0.1) is 12.7 Å². The van der Waals surface area contributed by atoms with Gasteiger partial charge in [-0.25, -0.2) is 0 Å². The highest BCUT2D eigenvalue weighted by atomic mass is 16.7. The van der Waals surface area contributed by atoms with Crippen molar-refractivity contribution in [1.82, 2.24) is 0 Å². The lowest BCUT2D eigenvalue weighted by Crippen LogP contribution is -2.49. The van der Waals surface area contributed by atoms with Crippen molar-refractivity contribution in [3.8, 4) is 0 Å². The van der Waals surface area contributed by atoms with Crippen molar-refractivity contribution in [2.45, 2.75) is 37.1 Å². The Labute approximate surface area is 118 Å². The minimum atomic E-state index is -1.35. The fourth-order valence-electron chi connectivity index (χ4n) is 2.45. The summed E-state index contributed by atoms with van der Waals surface area (Å²) in [4.78, 5) is 0. The van der Waals surface area contributed by atoms with Crippen LogP contribution in [0.4, 0.5) is 0 Å². The van der Waals surface area contributed by atoms with E-state index in [0.717, 1.165) is 5.56 Å². The summed E-state index contributed by atoms with van der Waals surface area (Å²) in [6, 6.07) is 9.48. The second-order valence-electron chi connectivity index (χ2n) is 4.80. The van der Waals surface area contributed by atoms with E-state index in [1.807, 2.05) is 30.3 Å². The molecule has 1 aromatic rings. The maximum atomic E-state index is 10.1. The fraction of sp³-hybridized carbons (Fsp3) is 0.467. The normalized spacial score (nSPS) is 33.2. The maximum absolute atomic E-state index is 10.1. The van der Waals surface area contributed by atoms with Gasteiger partial charge in [-0.15, -0.1) is 6.58 Å². The van der Waals surface area contributed by atoms with Crippen LogP contribution in [0.3, 0.4) is 0 Å². The van der Waals surface area contributed by atoms with Gasteiger partial charge in [-0.2, -0.15) is 0 Å². The molecule has 0 saturated carbocycles. The van der Waals surface area contributed by atoms with E-state index < -0.39 is 24.1 Å². The Hall–Kier alpha value is -1.24. The van der Waals surface area contributed by atoms with Crippen molar-refractivity contribution in [3.05, 3.63) is 48.6 Å². The zero-order valence-electron chi connectivity index (χ0n) is 11.2. The Kier molecular flexibility index (Phi) is 4.91. The van der Waals surface area contributed by atoms with Crippen molar-refractivity contribution in [1.29, 1.82) is 0 Å². The van der Waals surface area contributed by atoms with Gasteiger partial charge in [0, 0.05) is 13.0 Å². The van der Waals surface area contributed by atoms with Gasteiger partial charge in [0.1, 0.15) is 11.7 Å². The Balaban J connectivity index is 2.15. The number of aliphatic hydroxyl groups is 3. The topological polar surface area (TPSA) is 79.2 Å². The van der Waals surface area contributed by atoms with E-state index in [9.17, 15) is 10.2 Å². The van der Waals surface area contributed by atoms with Crippen LogP contribution in [0.15, 0.2) is 43.0 Å². The zero-order chi connectivity index (χ0) is 14.6. The van der Waals surface area contributed by atoms with Crippen LogP contribution >= 0.6 is 0 Å². The highest BCUT2D eigenvalue weighted by molar-refractivity contribution is 5.16. The first-order chi connectivity index (χ1) is 9.64. The monoisotopic (exact) mass is 280 g/mol. The van der Waals surface area contributed by atoms with Crippen LogP contribution in [0.1, 0.15) is 12.0 Å². The van der Waals surface area contributed by atoms with E-state index in [4.69, 9.17) is 14.6 Å². The molecular formula is C15H20O5. The van der Waals surface area contributed by atoms with Crippen molar-refractivity contribution >= 4 is 0 Å². The maximum Gasteiger partial charge on any atom is 0.184 e. The molecule has 1 heterocycles. The molecule has 3 N–H and O–H groups in total. The number of ether oxygens (including phenoxy) is 2. The predicted octanol–water partition coefficient (Wildman–Crippen LogP) is 0.589. The van der Waals surface area contributed by atoms with Crippen LogP contribution < -0.4 is 0 Å². The molecular weight excluding hydrogens is 260 g/mol. The first-order valence-corrected chi connectivity index (χ1v) is 6.58. The van der Waals surface area contributed by atoms with Gasteiger partial charge in [0.25, 0.3) is 0 Å². The summed E-state index contributed by atoms with van der Waals surface area (Å²) in [6.45, 7) is 3.81. The van der Waals surface area contributed by atoms with Crippen molar-refractivity contribution < 1.29 is 24.8 Å². The molecule has 0 unspecified atom stereocenters. The van der Waals surface area contributed by atoms with Crippen LogP contribution in [-0.2, 0) is 16.1 Å². The van der Waals surface area contributed by atoms with Crippen molar-refractivity contribution in [2.75, 3.05) is 6.61 Å². The molecule has 0 spiro atoms. The van der Waals surface area contributed by atoms with Crippen LogP contribution in [0.5, 0.6) is 0 Å². The number of hydrogen-bond donors (Lipinski definition) is 3. The fourth-order valence-corrected chi connectivity index (χ4v) is 2.45. The molecule has 5 heteroatoms. The average Bonchev–Trinajstić information content (AvgIpc) is 2.71. The SMILES string of the molecule is C=C[C@@]1(OCc2ccccc2)[C@@H](CCO)O[C@H](O)[C@@H]1O. The Morgan fingerprint density at radius 3 is 2.60 bits per heavy atom. The van der Waals surface area contributed by atoms with Gasteiger partial charge >= 0.3 is 0 Å². The molecule has 5 nitrogen and oxygen atoms in total. The molecule has 0 aliphatic carbocycles. The van der Waals surface area contributed by atoms with Gasteiger partial charge in [-0.1, -0.05) is 36.4 Å². The molecule has 20 heavy (non-hydrogen) atoms. The van der Waals surface area contributed by atoms with Gasteiger partial charge in [-0.3, -0.25) is 0 Å². The molecule has 0 bridgehead atoms. The first-order valence-electron chi connectivity index (χ1n) is 6.58. The largest absolute Gasteiger partial charge is 0.396 e.